The fraction of sp³-hybridized carbons (Fsp3) is 0.222. The molecule has 1 N–H and O–H groups in total. The van der Waals surface area contributed by atoms with Gasteiger partial charge in [-0.25, -0.2) is 12.4 Å². The van der Waals surface area contributed by atoms with Crippen LogP contribution in [-0.2, 0) is 10.0 Å². The van der Waals surface area contributed by atoms with Crippen LogP contribution in [0.2, 0.25) is 0 Å². The Morgan fingerprint density at radius 1 is 1.07 bits per heavy atom. The van der Waals surface area contributed by atoms with E-state index in [-0.39, 0.29) is 4.90 Å². The topological polar surface area (TPSA) is 60.3 Å². The maximum Gasteiger partial charge on any atom is 0.573 e. The Morgan fingerprint density at radius 3 is 2.52 bits per heavy atom. The Morgan fingerprint density at radius 2 is 1.85 bits per heavy atom. The highest BCUT2D eigenvalue weighted by Gasteiger charge is 2.31. The van der Waals surface area contributed by atoms with Crippen LogP contribution in [0.5, 0.6) is 5.75 Å². The number of hydrogen-bond acceptors (Lipinski definition) is 4. The molecular formula is C18H15F3N2O3S. The maximum absolute atomic E-state index is 12.9. The van der Waals surface area contributed by atoms with E-state index >= 15 is 0 Å². The van der Waals surface area contributed by atoms with E-state index in [1.807, 2.05) is 12.1 Å². The molecular weight excluding hydrogens is 381 g/mol. The molecule has 0 bridgehead atoms. The molecule has 4 rings (SSSR count). The van der Waals surface area contributed by atoms with Crippen LogP contribution < -0.4 is 10.1 Å². The summed E-state index contributed by atoms with van der Waals surface area (Å²) in [5, 5.41) is 3.94. The number of alkyl halides is 3. The first kappa shape index (κ1) is 17.9. The summed E-state index contributed by atoms with van der Waals surface area (Å²) in [6, 6.07) is 11.6. The van der Waals surface area contributed by atoms with Gasteiger partial charge in [-0.3, -0.25) is 0 Å². The van der Waals surface area contributed by atoms with Crippen LogP contribution in [0, 0.1) is 0 Å². The molecule has 0 aliphatic carbocycles. The Kier molecular flexibility index (Phi) is 4.15. The van der Waals surface area contributed by atoms with E-state index in [9.17, 15) is 21.6 Å². The van der Waals surface area contributed by atoms with Crippen molar-refractivity contribution in [2.24, 2.45) is 0 Å². The Bertz CT molecular complexity index is 1100. The lowest BCUT2D eigenvalue weighted by molar-refractivity contribution is -0.274. The van der Waals surface area contributed by atoms with Crippen LogP contribution in [0.15, 0.2) is 59.6 Å². The molecule has 0 radical (unpaired) electrons. The van der Waals surface area contributed by atoms with Crippen LogP contribution >= 0.6 is 0 Å². The zero-order valence-electron chi connectivity index (χ0n) is 13.9. The van der Waals surface area contributed by atoms with Crippen LogP contribution in [-0.4, -0.2) is 31.8 Å². The average Bonchev–Trinajstić information content (AvgIpc) is 2.96. The molecule has 27 heavy (non-hydrogen) atoms. The molecule has 1 saturated heterocycles. The molecule has 1 aliphatic rings. The summed E-state index contributed by atoms with van der Waals surface area (Å²) in [6.45, 7) is 1.77. The summed E-state index contributed by atoms with van der Waals surface area (Å²) in [7, 11) is -4.07. The molecule has 2 aromatic carbocycles. The molecule has 0 saturated carbocycles. The number of aromatic nitrogens is 1. The van der Waals surface area contributed by atoms with Gasteiger partial charge in [0.2, 0.25) is 0 Å². The second-order valence-corrected chi connectivity index (χ2v) is 8.13. The van der Waals surface area contributed by atoms with Gasteiger partial charge in [0.05, 0.1) is 10.4 Å². The van der Waals surface area contributed by atoms with Gasteiger partial charge < -0.3 is 10.1 Å². The fourth-order valence-corrected chi connectivity index (χ4v) is 4.46. The third-order valence-corrected chi connectivity index (χ3v) is 6.21. The quantitative estimate of drug-likeness (QED) is 0.734. The first-order valence-corrected chi connectivity index (χ1v) is 9.61. The molecule has 0 spiro atoms. The molecule has 5 nitrogen and oxygen atoms in total. The minimum Gasteiger partial charge on any atom is -0.406 e. The molecule has 3 aromatic rings. The number of nitrogens with one attached hydrogen (secondary N) is 1. The van der Waals surface area contributed by atoms with Crippen LogP contribution in [0.1, 0.15) is 11.5 Å². The van der Waals surface area contributed by atoms with E-state index in [2.05, 4.69) is 10.1 Å². The highest BCUT2D eigenvalue weighted by molar-refractivity contribution is 7.90. The van der Waals surface area contributed by atoms with Crippen molar-refractivity contribution in [3.8, 4) is 5.75 Å². The van der Waals surface area contributed by atoms with Gasteiger partial charge in [0.25, 0.3) is 10.0 Å². The highest BCUT2D eigenvalue weighted by atomic mass is 32.2. The van der Waals surface area contributed by atoms with E-state index in [0.717, 1.165) is 40.1 Å². The Balaban J connectivity index is 1.72. The lowest BCUT2D eigenvalue weighted by Crippen LogP contribution is -2.39. The van der Waals surface area contributed by atoms with Crippen LogP contribution in [0.25, 0.3) is 10.9 Å². The monoisotopic (exact) mass is 396 g/mol. The summed E-state index contributed by atoms with van der Waals surface area (Å²) < 4.78 is 68.0. The molecule has 142 valence electrons. The minimum absolute atomic E-state index is 0.283. The number of hydrogen-bond donors (Lipinski definition) is 1. The summed E-state index contributed by atoms with van der Waals surface area (Å²) in [5.74, 6) is -0.176. The van der Waals surface area contributed by atoms with Gasteiger partial charge in [-0.15, -0.1) is 13.2 Å². The predicted octanol–water partition coefficient (Wildman–Crippen LogP) is 3.46. The normalized spacial score (nSPS) is 15.7. The largest absolute Gasteiger partial charge is 0.573 e. The van der Waals surface area contributed by atoms with Crippen molar-refractivity contribution in [1.82, 2.24) is 9.29 Å². The molecule has 0 atom stereocenters. The zero-order chi connectivity index (χ0) is 19.2. The number of halogens is 3. The van der Waals surface area contributed by atoms with E-state index in [4.69, 9.17) is 0 Å². The van der Waals surface area contributed by atoms with Crippen LogP contribution in [0.4, 0.5) is 13.2 Å². The summed E-state index contributed by atoms with van der Waals surface area (Å²) >= 11 is 0. The molecule has 0 amide bonds. The van der Waals surface area contributed by atoms with Crippen molar-refractivity contribution in [3.05, 3.63) is 60.3 Å². The number of fused-ring (bicyclic) bond motifs is 1. The number of rotatable bonds is 4. The number of benzene rings is 2. The van der Waals surface area contributed by atoms with Crippen molar-refractivity contribution >= 4 is 20.9 Å². The summed E-state index contributed by atoms with van der Waals surface area (Å²) in [6.07, 6.45) is -3.49. The van der Waals surface area contributed by atoms with Crippen molar-refractivity contribution in [1.29, 1.82) is 0 Å². The van der Waals surface area contributed by atoms with Crippen molar-refractivity contribution < 1.29 is 26.3 Å². The SMILES string of the molecule is O=S(=O)(c1cccc(OC(F)(F)F)c1)n1ccc2cc(C3CNC3)ccc21. The lowest BCUT2D eigenvalue weighted by Gasteiger charge is -2.27. The lowest BCUT2D eigenvalue weighted by atomic mass is 9.93. The van der Waals surface area contributed by atoms with Gasteiger partial charge in [0, 0.05) is 36.7 Å². The highest BCUT2D eigenvalue weighted by Crippen LogP contribution is 2.29. The first-order valence-electron chi connectivity index (χ1n) is 8.17. The zero-order valence-corrected chi connectivity index (χ0v) is 14.7. The average molecular weight is 396 g/mol. The van der Waals surface area contributed by atoms with Gasteiger partial charge in [-0.05, 0) is 35.9 Å². The first-order chi connectivity index (χ1) is 12.7. The standard InChI is InChI=1S/C18H15F3N2O3S/c19-18(20,21)26-15-2-1-3-16(9-15)27(24,25)23-7-6-13-8-12(4-5-17(13)23)14-10-22-11-14/h1-9,14,22H,10-11H2. The van der Waals surface area contributed by atoms with Crippen molar-refractivity contribution in [2.75, 3.05) is 13.1 Å². The summed E-state index contributed by atoms with van der Waals surface area (Å²) in [4.78, 5) is -0.283. The van der Waals surface area contributed by atoms with Gasteiger partial charge in [0.15, 0.2) is 0 Å². The van der Waals surface area contributed by atoms with E-state index in [0.29, 0.717) is 11.4 Å². The van der Waals surface area contributed by atoms with Gasteiger partial charge >= 0.3 is 6.36 Å². The Hall–Kier alpha value is -2.52. The third kappa shape index (κ3) is 3.40. The van der Waals surface area contributed by atoms with Gasteiger partial charge in [-0.1, -0.05) is 12.1 Å². The molecule has 1 fully saturated rings. The van der Waals surface area contributed by atoms with Gasteiger partial charge in [-0.2, -0.15) is 0 Å². The number of ether oxygens (including phenoxy) is 1. The second kappa shape index (κ2) is 6.28. The minimum atomic E-state index is -4.89. The van der Waals surface area contributed by atoms with Crippen molar-refractivity contribution in [2.45, 2.75) is 17.2 Å². The second-order valence-electron chi connectivity index (χ2n) is 6.31. The molecule has 1 aromatic heterocycles. The van der Waals surface area contributed by atoms with Crippen molar-refractivity contribution in [3.63, 3.8) is 0 Å². The smallest absolute Gasteiger partial charge is 0.406 e. The van der Waals surface area contributed by atoms with E-state index in [1.54, 1.807) is 12.1 Å². The maximum atomic E-state index is 12.9. The van der Waals surface area contributed by atoms with E-state index in [1.165, 1.54) is 18.3 Å². The Labute approximate surface area is 153 Å². The molecule has 2 heterocycles. The van der Waals surface area contributed by atoms with Gasteiger partial charge in [0.1, 0.15) is 5.75 Å². The van der Waals surface area contributed by atoms with E-state index < -0.39 is 22.1 Å². The predicted molar refractivity (Wildman–Crippen MR) is 93.3 cm³/mol. The number of nitrogens with zero attached hydrogens (tertiary/aromatic N) is 1. The van der Waals surface area contributed by atoms with Crippen LogP contribution in [0.3, 0.4) is 0 Å². The third-order valence-electron chi connectivity index (χ3n) is 4.53. The fourth-order valence-electron chi connectivity index (χ4n) is 3.07. The molecule has 0 unspecified atom stereocenters. The molecule has 1 aliphatic heterocycles. The molecule has 9 heteroatoms. The summed E-state index contributed by atoms with van der Waals surface area (Å²) in [5.41, 5.74) is 1.59.